The molecule has 2 heteroatoms. The molecule has 0 aliphatic carbocycles. The average Bonchev–Trinajstić information content (AvgIpc) is 2.44. The van der Waals surface area contributed by atoms with Gasteiger partial charge in [0, 0.05) is 11.1 Å². The fourth-order valence-corrected chi connectivity index (χ4v) is 3.28. The normalized spacial score (nSPS) is 11.6. The van der Waals surface area contributed by atoms with Gasteiger partial charge in [-0.2, -0.15) is 0 Å². The lowest BCUT2D eigenvalue weighted by molar-refractivity contribution is 0.492. The highest BCUT2D eigenvalue weighted by atomic mass is 28.4. The van der Waals surface area contributed by atoms with Crippen LogP contribution in [0.4, 0.5) is 0 Å². The molecule has 0 aliphatic heterocycles. The summed E-state index contributed by atoms with van der Waals surface area (Å²) in [6.45, 7) is 15.5. The molecule has 0 radical (unpaired) electrons. The Kier molecular flexibility index (Phi) is 5.25. The topological polar surface area (TPSA) is 9.23 Å². The lowest BCUT2D eigenvalue weighted by Gasteiger charge is -2.36. The van der Waals surface area contributed by atoms with Crippen LogP contribution < -0.4 is 4.43 Å². The minimum absolute atomic E-state index is 0.203. The van der Waals surface area contributed by atoms with E-state index in [0.717, 1.165) is 16.9 Å². The molecule has 0 unspecified atom stereocenters. The van der Waals surface area contributed by atoms with E-state index in [-0.39, 0.29) is 5.04 Å². The van der Waals surface area contributed by atoms with Gasteiger partial charge in [0.2, 0.25) is 8.32 Å². The van der Waals surface area contributed by atoms with Crippen LogP contribution in [-0.4, -0.2) is 8.32 Å². The second kappa shape index (κ2) is 6.87. The summed E-state index contributed by atoms with van der Waals surface area (Å²) in [5.41, 5.74) is 4.57. The molecule has 0 aliphatic rings. The van der Waals surface area contributed by atoms with Crippen molar-refractivity contribution >= 4 is 8.32 Å². The summed E-state index contributed by atoms with van der Waals surface area (Å²) in [6.07, 6.45) is 0. The minimum Gasteiger partial charge on any atom is -0.544 e. The summed E-state index contributed by atoms with van der Waals surface area (Å²) in [4.78, 5) is 0. The summed E-state index contributed by atoms with van der Waals surface area (Å²) in [7, 11) is -1.78. The number of benzene rings is 2. The van der Waals surface area contributed by atoms with Crippen LogP contribution in [0, 0.1) is 25.7 Å². The Morgan fingerprint density at radius 3 is 1.79 bits per heavy atom. The number of hydrogen-bond donors (Lipinski definition) is 0. The maximum Gasteiger partial charge on any atom is 0.250 e. The summed E-state index contributed by atoms with van der Waals surface area (Å²) in [6, 6.07) is 14.6. The largest absolute Gasteiger partial charge is 0.544 e. The van der Waals surface area contributed by atoms with Gasteiger partial charge in [0.15, 0.2) is 0 Å². The third kappa shape index (κ3) is 4.76. The first kappa shape index (κ1) is 18.4. The fraction of sp³-hybridized carbons (Fsp3) is 0.364. The Bertz CT molecular complexity index is 748. The summed E-state index contributed by atoms with van der Waals surface area (Å²) < 4.78 is 6.31. The maximum atomic E-state index is 6.31. The molecular formula is C22H28OSi. The van der Waals surface area contributed by atoms with Crippen molar-refractivity contribution in [2.45, 2.75) is 52.8 Å². The Morgan fingerprint density at radius 2 is 1.29 bits per heavy atom. The van der Waals surface area contributed by atoms with E-state index in [0.29, 0.717) is 0 Å². The van der Waals surface area contributed by atoms with Crippen molar-refractivity contribution in [1.82, 2.24) is 0 Å². The van der Waals surface area contributed by atoms with Crippen molar-refractivity contribution in [3.63, 3.8) is 0 Å². The van der Waals surface area contributed by atoms with E-state index in [1.807, 2.05) is 24.3 Å². The molecule has 0 amide bonds. The van der Waals surface area contributed by atoms with Crippen LogP contribution in [0.1, 0.15) is 43.0 Å². The first-order valence-electron chi connectivity index (χ1n) is 8.46. The minimum atomic E-state index is -1.78. The Hall–Kier alpha value is -1.98. The van der Waals surface area contributed by atoms with E-state index in [4.69, 9.17) is 4.43 Å². The standard InChI is InChI=1S/C22H28OSi/c1-17-14-18(2)16-20(15-17)9-8-19-10-12-21(13-11-19)23-24(6,7)22(3,4)5/h10-16H,1-7H3. The highest BCUT2D eigenvalue weighted by molar-refractivity contribution is 6.74. The molecule has 0 heterocycles. The lowest BCUT2D eigenvalue weighted by Crippen LogP contribution is -2.43. The van der Waals surface area contributed by atoms with Gasteiger partial charge in [-0.15, -0.1) is 0 Å². The molecule has 0 aromatic heterocycles. The molecule has 2 rings (SSSR count). The van der Waals surface area contributed by atoms with Crippen molar-refractivity contribution < 1.29 is 4.43 Å². The predicted octanol–water partition coefficient (Wildman–Crippen LogP) is 6.09. The lowest BCUT2D eigenvalue weighted by atomic mass is 10.1. The third-order valence-corrected chi connectivity index (χ3v) is 8.96. The fourth-order valence-electron chi connectivity index (χ4n) is 2.25. The van der Waals surface area contributed by atoms with Crippen molar-refractivity contribution in [3.8, 4) is 17.6 Å². The molecule has 2 aromatic carbocycles. The molecular weight excluding hydrogens is 308 g/mol. The van der Waals surface area contributed by atoms with Gasteiger partial charge in [-0.25, -0.2) is 0 Å². The van der Waals surface area contributed by atoms with Crippen LogP contribution in [0.3, 0.4) is 0 Å². The van der Waals surface area contributed by atoms with Crippen LogP contribution in [0.25, 0.3) is 0 Å². The zero-order valence-corrected chi connectivity index (χ0v) is 16.9. The highest BCUT2D eigenvalue weighted by Crippen LogP contribution is 2.37. The zero-order chi connectivity index (χ0) is 18.0. The van der Waals surface area contributed by atoms with Crippen LogP contribution in [0.5, 0.6) is 5.75 Å². The second-order valence-corrected chi connectivity index (χ2v) is 12.7. The molecule has 0 atom stereocenters. The first-order valence-corrected chi connectivity index (χ1v) is 11.4. The van der Waals surface area contributed by atoms with Gasteiger partial charge in [0.05, 0.1) is 0 Å². The van der Waals surface area contributed by atoms with E-state index in [9.17, 15) is 0 Å². The van der Waals surface area contributed by atoms with Gasteiger partial charge in [-0.1, -0.05) is 38.7 Å². The molecule has 0 N–H and O–H groups in total. The van der Waals surface area contributed by atoms with Gasteiger partial charge in [-0.05, 0) is 79.5 Å². The van der Waals surface area contributed by atoms with Crippen molar-refractivity contribution in [3.05, 3.63) is 64.7 Å². The maximum absolute atomic E-state index is 6.31. The SMILES string of the molecule is Cc1cc(C)cc(C#Cc2ccc(O[Si](C)(C)C(C)(C)C)cc2)c1. The van der Waals surface area contributed by atoms with E-state index < -0.39 is 8.32 Å². The van der Waals surface area contributed by atoms with E-state index in [1.165, 1.54) is 11.1 Å². The number of rotatable bonds is 2. The summed E-state index contributed by atoms with van der Waals surface area (Å²) in [5, 5.41) is 0.203. The molecule has 126 valence electrons. The van der Waals surface area contributed by atoms with Gasteiger partial charge in [0.25, 0.3) is 0 Å². The molecule has 0 fully saturated rings. The molecule has 1 nitrogen and oxygen atoms in total. The van der Waals surface area contributed by atoms with Crippen molar-refractivity contribution in [2.75, 3.05) is 0 Å². The van der Waals surface area contributed by atoms with Crippen LogP contribution in [0.2, 0.25) is 18.1 Å². The number of aryl methyl sites for hydroxylation is 2. The molecule has 0 spiro atoms. The van der Waals surface area contributed by atoms with Crippen LogP contribution in [0.15, 0.2) is 42.5 Å². The van der Waals surface area contributed by atoms with Gasteiger partial charge in [0.1, 0.15) is 5.75 Å². The van der Waals surface area contributed by atoms with Crippen molar-refractivity contribution in [2.24, 2.45) is 0 Å². The van der Waals surface area contributed by atoms with Crippen LogP contribution in [-0.2, 0) is 0 Å². The van der Waals surface area contributed by atoms with Crippen LogP contribution >= 0.6 is 0 Å². The quantitative estimate of drug-likeness (QED) is 0.476. The molecule has 0 saturated heterocycles. The Morgan fingerprint density at radius 1 is 0.792 bits per heavy atom. The monoisotopic (exact) mass is 336 g/mol. The zero-order valence-electron chi connectivity index (χ0n) is 15.9. The van der Waals surface area contributed by atoms with Gasteiger partial charge < -0.3 is 4.43 Å². The van der Waals surface area contributed by atoms with Gasteiger partial charge in [-0.3, -0.25) is 0 Å². The number of hydrogen-bond acceptors (Lipinski definition) is 1. The second-order valence-electron chi connectivity index (χ2n) is 8.01. The molecule has 24 heavy (non-hydrogen) atoms. The van der Waals surface area contributed by atoms with Gasteiger partial charge >= 0.3 is 0 Å². The predicted molar refractivity (Wildman–Crippen MR) is 106 cm³/mol. The third-order valence-electron chi connectivity index (χ3n) is 4.61. The molecule has 2 aromatic rings. The van der Waals surface area contributed by atoms with E-state index >= 15 is 0 Å². The highest BCUT2D eigenvalue weighted by Gasteiger charge is 2.38. The smallest absolute Gasteiger partial charge is 0.250 e. The Balaban J connectivity index is 2.15. The summed E-state index contributed by atoms with van der Waals surface area (Å²) >= 11 is 0. The Labute approximate surface area is 148 Å². The molecule has 0 saturated carbocycles. The van der Waals surface area contributed by atoms with Crippen molar-refractivity contribution in [1.29, 1.82) is 0 Å². The van der Waals surface area contributed by atoms with E-state index in [2.05, 4.69) is 77.8 Å². The first-order chi connectivity index (χ1) is 11.1. The average molecular weight is 337 g/mol. The molecule has 0 bridgehead atoms. The van der Waals surface area contributed by atoms with E-state index in [1.54, 1.807) is 0 Å². The summed E-state index contributed by atoms with van der Waals surface area (Å²) in [5.74, 6) is 7.44.